The molecule has 68 valence electrons. The topological polar surface area (TPSA) is 0 Å². The first kappa shape index (κ1) is 9.73. The van der Waals surface area contributed by atoms with Gasteiger partial charge >= 0.3 is 0 Å². The molecule has 13 heavy (non-hydrogen) atoms. The van der Waals surface area contributed by atoms with E-state index in [9.17, 15) is 8.78 Å². The molecule has 0 spiro atoms. The van der Waals surface area contributed by atoms with Crippen molar-refractivity contribution in [2.45, 2.75) is 19.3 Å². The van der Waals surface area contributed by atoms with E-state index >= 15 is 0 Å². The van der Waals surface area contributed by atoms with Gasteiger partial charge in [-0.15, -0.1) is 12.3 Å². The lowest BCUT2D eigenvalue weighted by Gasteiger charge is -2.08. The lowest BCUT2D eigenvalue weighted by Crippen LogP contribution is -1.97. The normalized spacial score (nSPS) is 12.2. The zero-order valence-electron chi connectivity index (χ0n) is 7.35. The van der Waals surface area contributed by atoms with Crippen LogP contribution in [0.15, 0.2) is 18.2 Å². The Morgan fingerprint density at radius 3 is 2.77 bits per heavy atom. The summed E-state index contributed by atoms with van der Waals surface area (Å²) in [6.07, 6.45) is 5.51. The molecule has 0 aliphatic carbocycles. The fourth-order valence-corrected chi connectivity index (χ4v) is 1.18. The van der Waals surface area contributed by atoms with Crippen LogP contribution in [0.1, 0.15) is 24.8 Å². The van der Waals surface area contributed by atoms with Crippen LogP contribution in [-0.4, -0.2) is 0 Å². The summed E-state index contributed by atoms with van der Waals surface area (Å²) in [4.78, 5) is 0. The highest BCUT2D eigenvalue weighted by molar-refractivity contribution is 5.23. The van der Waals surface area contributed by atoms with Gasteiger partial charge in [-0.2, -0.15) is 0 Å². The van der Waals surface area contributed by atoms with Crippen LogP contribution in [-0.2, 0) is 0 Å². The van der Waals surface area contributed by atoms with Crippen LogP contribution in [0.4, 0.5) is 8.78 Å². The van der Waals surface area contributed by atoms with E-state index in [1.54, 1.807) is 6.92 Å². The van der Waals surface area contributed by atoms with Crippen molar-refractivity contribution < 1.29 is 8.78 Å². The van der Waals surface area contributed by atoms with E-state index in [1.165, 1.54) is 6.07 Å². The van der Waals surface area contributed by atoms with Crippen LogP contribution in [0.2, 0.25) is 0 Å². The van der Waals surface area contributed by atoms with Crippen molar-refractivity contribution in [1.29, 1.82) is 0 Å². The van der Waals surface area contributed by atoms with Crippen molar-refractivity contribution in [2.24, 2.45) is 0 Å². The highest BCUT2D eigenvalue weighted by Crippen LogP contribution is 2.22. The molecular weight excluding hydrogens is 170 g/mol. The summed E-state index contributed by atoms with van der Waals surface area (Å²) in [5.41, 5.74) is 0.345. The summed E-state index contributed by atoms with van der Waals surface area (Å²) < 4.78 is 25.8. The van der Waals surface area contributed by atoms with Crippen molar-refractivity contribution in [3.05, 3.63) is 35.4 Å². The van der Waals surface area contributed by atoms with E-state index in [-0.39, 0.29) is 5.92 Å². The number of halogens is 2. The molecule has 0 radical (unpaired) electrons. The second kappa shape index (κ2) is 4.04. The van der Waals surface area contributed by atoms with E-state index in [4.69, 9.17) is 6.42 Å². The summed E-state index contributed by atoms with van der Waals surface area (Å²) in [6.45, 7) is 1.78. The molecule has 1 unspecified atom stereocenters. The Balaban J connectivity index is 3.00. The number of hydrogen-bond acceptors (Lipinski definition) is 0. The largest absolute Gasteiger partial charge is 0.207 e. The number of terminal acetylenes is 1. The molecule has 0 N–H and O–H groups in total. The van der Waals surface area contributed by atoms with E-state index in [0.717, 1.165) is 12.1 Å². The molecule has 2 heteroatoms. The lowest BCUT2D eigenvalue weighted by molar-refractivity contribution is 0.570. The van der Waals surface area contributed by atoms with Gasteiger partial charge in [0.2, 0.25) is 0 Å². The smallest absolute Gasteiger partial charge is 0.126 e. The average molecular weight is 180 g/mol. The van der Waals surface area contributed by atoms with Gasteiger partial charge in [0.25, 0.3) is 0 Å². The van der Waals surface area contributed by atoms with Crippen molar-refractivity contribution in [2.75, 3.05) is 0 Å². The Labute approximate surface area is 76.6 Å². The van der Waals surface area contributed by atoms with Crippen LogP contribution in [0.5, 0.6) is 0 Å². The maximum Gasteiger partial charge on any atom is 0.126 e. The molecule has 0 bridgehead atoms. The molecule has 1 aromatic rings. The SMILES string of the molecule is C#CCC(C)c1cc(F)ccc1F. The summed E-state index contributed by atoms with van der Waals surface area (Å²) in [5.74, 6) is 1.46. The second-order valence-electron chi connectivity index (χ2n) is 2.98. The molecule has 0 aliphatic rings. The Morgan fingerprint density at radius 1 is 1.46 bits per heavy atom. The van der Waals surface area contributed by atoms with Gasteiger partial charge in [0.1, 0.15) is 11.6 Å². The molecule has 0 nitrogen and oxygen atoms in total. The monoisotopic (exact) mass is 180 g/mol. The quantitative estimate of drug-likeness (QED) is 0.613. The Bertz CT molecular complexity index is 336. The number of benzene rings is 1. The van der Waals surface area contributed by atoms with E-state index in [1.807, 2.05) is 0 Å². The van der Waals surface area contributed by atoms with Crippen LogP contribution in [0.25, 0.3) is 0 Å². The minimum atomic E-state index is -0.430. The number of hydrogen-bond donors (Lipinski definition) is 0. The molecule has 0 saturated carbocycles. The fraction of sp³-hybridized carbons (Fsp3) is 0.273. The van der Waals surface area contributed by atoms with Crippen molar-refractivity contribution in [3.8, 4) is 12.3 Å². The molecule has 0 aliphatic heterocycles. The molecule has 0 saturated heterocycles. The summed E-state index contributed by atoms with van der Waals surface area (Å²) in [5, 5.41) is 0. The third kappa shape index (κ3) is 2.29. The Kier molecular flexibility index (Phi) is 3.02. The van der Waals surface area contributed by atoms with Gasteiger partial charge in [0, 0.05) is 6.42 Å². The molecule has 0 aromatic heterocycles. The van der Waals surface area contributed by atoms with Crippen LogP contribution in [0, 0.1) is 24.0 Å². The lowest BCUT2D eigenvalue weighted by atomic mass is 9.98. The zero-order chi connectivity index (χ0) is 9.84. The zero-order valence-corrected chi connectivity index (χ0v) is 7.35. The molecule has 1 rings (SSSR count). The molecule has 1 atom stereocenters. The maximum atomic E-state index is 13.1. The first-order valence-electron chi connectivity index (χ1n) is 4.03. The van der Waals surface area contributed by atoms with Crippen molar-refractivity contribution in [3.63, 3.8) is 0 Å². The predicted molar refractivity (Wildman–Crippen MR) is 48.2 cm³/mol. The maximum absolute atomic E-state index is 13.1. The fourth-order valence-electron chi connectivity index (χ4n) is 1.18. The van der Waals surface area contributed by atoms with Crippen LogP contribution >= 0.6 is 0 Å². The molecule has 0 fully saturated rings. The summed E-state index contributed by atoms with van der Waals surface area (Å²) in [6, 6.07) is 3.41. The summed E-state index contributed by atoms with van der Waals surface area (Å²) in [7, 11) is 0. The van der Waals surface area contributed by atoms with Crippen LogP contribution < -0.4 is 0 Å². The van der Waals surface area contributed by atoms with Gasteiger partial charge in [-0.1, -0.05) is 6.92 Å². The van der Waals surface area contributed by atoms with E-state index in [2.05, 4.69) is 5.92 Å². The van der Waals surface area contributed by atoms with Gasteiger partial charge < -0.3 is 0 Å². The third-order valence-corrected chi connectivity index (χ3v) is 1.91. The third-order valence-electron chi connectivity index (χ3n) is 1.91. The van der Waals surface area contributed by atoms with Gasteiger partial charge in [-0.05, 0) is 29.7 Å². The molecule has 0 heterocycles. The standard InChI is InChI=1S/C11H10F2/c1-3-4-8(2)10-7-9(12)5-6-11(10)13/h1,5-8H,4H2,2H3. The van der Waals surface area contributed by atoms with Gasteiger partial charge in [-0.3, -0.25) is 0 Å². The predicted octanol–water partition coefficient (Wildman–Crippen LogP) is 3.09. The van der Waals surface area contributed by atoms with Crippen molar-refractivity contribution in [1.82, 2.24) is 0 Å². The molecular formula is C11H10F2. The van der Waals surface area contributed by atoms with Gasteiger partial charge in [-0.25, -0.2) is 8.78 Å². The summed E-state index contributed by atoms with van der Waals surface area (Å²) >= 11 is 0. The van der Waals surface area contributed by atoms with E-state index < -0.39 is 11.6 Å². The first-order valence-corrected chi connectivity index (χ1v) is 4.03. The average Bonchev–Trinajstić information content (AvgIpc) is 2.09. The van der Waals surface area contributed by atoms with Gasteiger partial charge in [0.15, 0.2) is 0 Å². The highest BCUT2D eigenvalue weighted by Gasteiger charge is 2.10. The first-order chi connectivity index (χ1) is 6.15. The van der Waals surface area contributed by atoms with Crippen molar-refractivity contribution >= 4 is 0 Å². The molecule has 1 aromatic carbocycles. The minimum Gasteiger partial charge on any atom is -0.207 e. The van der Waals surface area contributed by atoms with E-state index in [0.29, 0.717) is 12.0 Å². The Hall–Kier alpha value is -1.36. The minimum absolute atomic E-state index is 0.138. The Morgan fingerprint density at radius 2 is 2.15 bits per heavy atom. The highest BCUT2D eigenvalue weighted by atomic mass is 19.1. The molecule has 0 amide bonds. The number of rotatable bonds is 2. The second-order valence-corrected chi connectivity index (χ2v) is 2.98. The van der Waals surface area contributed by atoms with Crippen LogP contribution in [0.3, 0.4) is 0 Å². The van der Waals surface area contributed by atoms with Gasteiger partial charge in [0.05, 0.1) is 0 Å².